The lowest BCUT2D eigenvalue weighted by Gasteiger charge is -1.96. The maximum atomic E-state index is 8.80. The van der Waals surface area contributed by atoms with Crippen LogP contribution in [0.25, 0.3) is 0 Å². The van der Waals surface area contributed by atoms with Gasteiger partial charge in [-0.25, -0.2) is 0 Å². The molecule has 0 atom stereocenters. The van der Waals surface area contributed by atoms with Crippen LogP contribution in [-0.2, 0) is 0 Å². The van der Waals surface area contributed by atoms with Crippen molar-refractivity contribution in [1.29, 1.82) is 0 Å². The van der Waals surface area contributed by atoms with E-state index in [1.165, 1.54) is 0 Å². The van der Waals surface area contributed by atoms with Gasteiger partial charge < -0.3 is 25.2 Å². The summed E-state index contributed by atoms with van der Waals surface area (Å²) in [5.41, 5.74) is 0. The van der Waals surface area contributed by atoms with Gasteiger partial charge in [-0.2, -0.15) is 0 Å². The summed E-state index contributed by atoms with van der Waals surface area (Å²) in [6.45, 7) is 0. The lowest BCUT2D eigenvalue weighted by atomic mass is 10.3. The van der Waals surface area contributed by atoms with E-state index in [1.54, 1.807) is 31.4 Å². The third kappa shape index (κ3) is 4.52. The van der Waals surface area contributed by atoms with Gasteiger partial charge >= 0.3 is 0 Å². The van der Waals surface area contributed by atoms with Crippen molar-refractivity contribution in [3.05, 3.63) is 42.5 Å². The van der Waals surface area contributed by atoms with E-state index in [1.807, 2.05) is 0 Å². The molecule has 4 N–H and O–H groups in total. The lowest BCUT2D eigenvalue weighted by molar-refractivity contribution is 0.412. The first kappa shape index (κ1) is 13.5. The van der Waals surface area contributed by atoms with E-state index >= 15 is 0 Å². The smallest absolute Gasteiger partial charge is 0.122 e. The molecule has 0 aromatic heterocycles. The second-order valence-corrected chi connectivity index (χ2v) is 3.41. The summed E-state index contributed by atoms with van der Waals surface area (Å²) in [6.07, 6.45) is 0. The Morgan fingerprint density at radius 3 is 1.39 bits per heavy atom. The summed E-state index contributed by atoms with van der Waals surface area (Å²) in [7, 11) is 1.59. The molecule has 2 aromatic rings. The van der Waals surface area contributed by atoms with Crippen molar-refractivity contribution in [2.75, 3.05) is 7.11 Å². The molecule has 0 fully saturated rings. The molecule has 0 aliphatic rings. The minimum Gasteiger partial charge on any atom is -0.508 e. The average molecular weight is 250 g/mol. The van der Waals surface area contributed by atoms with Crippen LogP contribution in [0.1, 0.15) is 0 Å². The SMILES string of the molecule is COc1ccc(O)cc1.Oc1cc(O)cc(O)c1. The van der Waals surface area contributed by atoms with E-state index in [2.05, 4.69) is 0 Å². The molecule has 0 radical (unpaired) electrons. The number of ether oxygens (including phenoxy) is 1. The first-order valence-electron chi connectivity index (χ1n) is 5.06. The molecule has 2 rings (SSSR count). The minimum absolute atomic E-state index is 0.146. The van der Waals surface area contributed by atoms with Gasteiger partial charge in [-0.1, -0.05) is 0 Å². The van der Waals surface area contributed by atoms with E-state index < -0.39 is 0 Å². The summed E-state index contributed by atoms with van der Waals surface area (Å²) < 4.78 is 4.86. The first-order chi connectivity index (χ1) is 8.51. The van der Waals surface area contributed by atoms with Crippen LogP contribution in [0.15, 0.2) is 42.5 Å². The molecular formula is C13H14O5. The van der Waals surface area contributed by atoms with E-state index in [0.717, 1.165) is 23.9 Å². The third-order valence-corrected chi connectivity index (χ3v) is 1.96. The quantitative estimate of drug-likeness (QED) is 0.623. The molecule has 5 nitrogen and oxygen atoms in total. The highest BCUT2D eigenvalue weighted by atomic mass is 16.5. The molecule has 0 aliphatic carbocycles. The molecule has 0 heterocycles. The Bertz CT molecular complexity index is 443. The molecule has 2 aromatic carbocycles. The van der Waals surface area contributed by atoms with Crippen LogP contribution < -0.4 is 4.74 Å². The van der Waals surface area contributed by atoms with Crippen molar-refractivity contribution in [2.24, 2.45) is 0 Å². The van der Waals surface area contributed by atoms with E-state index in [0.29, 0.717) is 0 Å². The Kier molecular flexibility index (Phi) is 4.68. The standard InChI is InChI=1S/C7H8O2.C6H6O3/c1-9-7-4-2-6(8)3-5-7;7-4-1-5(8)3-6(9)2-4/h2-5,8H,1H3;1-3,7-9H. The van der Waals surface area contributed by atoms with Crippen LogP contribution in [0.2, 0.25) is 0 Å². The van der Waals surface area contributed by atoms with Crippen molar-refractivity contribution in [2.45, 2.75) is 0 Å². The number of hydrogen-bond acceptors (Lipinski definition) is 5. The number of benzene rings is 2. The van der Waals surface area contributed by atoms with Crippen LogP contribution in [0.3, 0.4) is 0 Å². The van der Waals surface area contributed by atoms with Gasteiger partial charge in [-0.15, -0.1) is 0 Å². The molecule has 96 valence electrons. The van der Waals surface area contributed by atoms with Crippen molar-refractivity contribution in [1.82, 2.24) is 0 Å². The van der Waals surface area contributed by atoms with Gasteiger partial charge in [0.1, 0.15) is 28.7 Å². The number of phenolic OH excluding ortho intramolecular Hbond substituents is 4. The highest BCUT2D eigenvalue weighted by molar-refractivity contribution is 5.39. The molecular weight excluding hydrogens is 236 g/mol. The summed E-state index contributed by atoms with van der Waals surface area (Å²) in [5, 5.41) is 34.8. The van der Waals surface area contributed by atoms with Crippen molar-refractivity contribution in [3.8, 4) is 28.7 Å². The van der Waals surface area contributed by atoms with Crippen molar-refractivity contribution >= 4 is 0 Å². The zero-order valence-electron chi connectivity index (χ0n) is 9.74. The Morgan fingerprint density at radius 1 is 0.667 bits per heavy atom. The summed E-state index contributed by atoms with van der Waals surface area (Å²) in [5.74, 6) is 0.580. The monoisotopic (exact) mass is 250 g/mol. The van der Waals surface area contributed by atoms with Gasteiger partial charge in [0.15, 0.2) is 0 Å². The zero-order valence-corrected chi connectivity index (χ0v) is 9.74. The first-order valence-corrected chi connectivity index (χ1v) is 5.06. The summed E-state index contributed by atoms with van der Waals surface area (Å²) in [4.78, 5) is 0. The molecule has 0 amide bonds. The number of rotatable bonds is 1. The van der Waals surface area contributed by atoms with Crippen LogP contribution in [0, 0.1) is 0 Å². The summed E-state index contributed by atoms with van der Waals surface area (Å²) >= 11 is 0. The lowest BCUT2D eigenvalue weighted by Crippen LogP contribution is -1.79. The maximum absolute atomic E-state index is 8.80. The molecule has 0 bridgehead atoms. The fourth-order valence-electron chi connectivity index (χ4n) is 1.16. The molecule has 0 saturated carbocycles. The molecule has 0 saturated heterocycles. The predicted molar refractivity (Wildman–Crippen MR) is 66.1 cm³/mol. The molecule has 5 heteroatoms. The van der Waals surface area contributed by atoms with Crippen LogP contribution in [0.4, 0.5) is 0 Å². The molecule has 18 heavy (non-hydrogen) atoms. The molecule has 0 spiro atoms. The van der Waals surface area contributed by atoms with Crippen molar-refractivity contribution in [3.63, 3.8) is 0 Å². The number of hydrogen-bond donors (Lipinski definition) is 4. The minimum atomic E-state index is -0.146. The van der Waals surface area contributed by atoms with Gasteiger partial charge in [0, 0.05) is 18.2 Å². The van der Waals surface area contributed by atoms with E-state index in [4.69, 9.17) is 25.2 Å². The van der Waals surface area contributed by atoms with E-state index in [-0.39, 0.29) is 23.0 Å². The van der Waals surface area contributed by atoms with Crippen LogP contribution >= 0.6 is 0 Å². The molecule has 0 aliphatic heterocycles. The fraction of sp³-hybridized carbons (Fsp3) is 0.0769. The second kappa shape index (κ2) is 6.24. The number of aromatic hydroxyl groups is 4. The number of methoxy groups -OCH3 is 1. The van der Waals surface area contributed by atoms with Crippen LogP contribution in [-0.4, -0.2) is 27.5 Å². The van der Waals surface area contributed by atoms with Gasteiger partial charge in [0.05, 0.1) is 7.11 Å². The highest BCUT2D eigenvalue weighted by Gasteiger charge is 1.94. The van der Waals surface area contributed by atoms with E-state index in [9.17, 15) is 0 Å². The Morgan fingerprint density at radius 2 is 1.06 bits per heavy atom. The Hall–Kier alpha value is -2.56. The van der Waals surface area contributed by atoms with Gasteiger partial charge in [-0.3, -0.25) is 0 Å². The third-order valence-electron chi connectivity index (χ3n) is 1.96. The second-order valence-electron chi connectivity index (χ2n) is 3.41. The Balaban J connectivity index is 0.000000180. The topological polar surface area (TPSA) is 90.2 Å². The van der Waals surface area contributed by atoms with Crippen LogP contribution in [0.5, 0.6) is 28.7 Å². The Labute approximate surface area is 104 Å². The summed E-state index contributed by atoms with van der Waals surface area (Å²) in [6, 6.07) is 9.99. The average Bonchev–Trinajstić information content (AvgIpc) is 2.29. The van der Waals surface area contributed by atoms with Gasteiger partial charge in [-0.05, 0) is 24.3 Å². The largest absolute Gasteiger partial charge is 0.508 e. The number of phenols is 4. The normalized spacial score (nSPS) is 9.17. The highest BCUT2D eigenvalue weighted by Crippen LogP contribution is 2.23. The van der Waals surface area contributed by atoms with Gasteiger partial charge in [0.25, 0.3) is 0 Å². The fourth-order valence-corrected chi connectivity index (χ4v) is 1.16. The zero-order chi connectivity index (χ0) is 13.5. The predicted octanol–water partition coefficient (Wildman–Crippen LogP) is 2.20. The van der Waals surface area contributed by atoms with Crippen molar-refractivity contribution < 1.29 is 25.2 Å². The van der Waals surface area contributed by atoms with Gasteiger partial charge in [0.2, 0.25) is 0 Å². The maximum Gasteiger partial charge on any atom is 0.122 e. The molecule has 0 unspecified atom stereocenters.